The first kappa shape index (κ1) is 25.7. The third-order valence-corrected chi connectivity index (χ3v) is 5.21. The van der Waals surface area contributed by atoms with Crippen LogP contribution in [0.15, 0.2) is 59.1 Å². The number of nitrogens with zero attached hydrogens (tertiary/aromatic N) is 3. The zero-order valence-corrected chi connectivity index (χ0v) is 20.2. The Morgan fingerprint density at radius 2 is 1.77 bits per heavy atom. The lowest BCUT2D eigenvalue weighted by Gasteiger charge is -2.27. The van der Waals surface area contributed by atoms with Gasteiger partial charge in [-0.1, -0.05) is 61.5 Å². The van der Waals surface area contributed by atoms with Gasteiger partial charge in [0.2, 0.25) is 5.89 Å². The third kappa shape index (κ3) is 8.13. The summed E-state index contributed by atoms with van der Waals surface area (Å²) >= 11 is 0. The minimum Gasteiger partial charge on any atom is -0.493 e. The molecule has 35 heavy (non-hydrogen) atoms. The number of amides is 1. The van der Waals surface area contributed by atoms with Gasteiger partial charge >= 0.3 is 12.1 Å². The predicted molar refractivity (Wildman–Crippen MR) is 128 cm³/mol. The smallest absolute Gasteiger partial charge is 0.410 e. The lowest BCUT2D eigenvalue weighted by Crippen LogP contribution is -2.38. The highest BCUT2D eigenvalue weighted by atomic mass is 16.6. The Morgan fingerprint density at radius 1 is 1.06 bits per heavy atom. The van der Waals surface area contributed by atoms with Crippen LogP contribution in [-0.4, -0.2) is 52.0 Å². The molecule has 0 saturated carbocycles. The molecular weight excluding hydrogens is 450 g/mol. The van der Waals surface area contributed by atoms with Crippen LogP contribution in [0.2, 0.25) is 0 Å². The zero-order chi connectivity index (χ0) is 25.2. The van der Waals surface area contributed by atoms with E-state index in [1.54, 1.807) is 31.2 Å². The van der Waals surface area contributed by atoms with Crippen LogP contribution in [0.5, 0.6) is 5.75 Å². The molecular formula is C26H31N3O6. The number of ether oxygens (including phenoxy) is 2. The SMILES string of the molecule is CC(C)COC(=O)N(CC(=O)O)C(C)c1ccc(OCCc2noc(Cc3ccccc3)n2)cc1. The van der Waals surface area contributed by atoms with E-state index < -0.39 is 24.6 Å². The molecule has 9 heteroatoms. The number of aliphatic carboxylic acids is 1. The molecule has 1 amide bonds. The van der Waals surface area contributed by atoms with Crippen molar-refractivity contribution in [1.29, 1.82) is 0 Å². The van der Waals surface area contributed by atoms with Gasteiger partial charge in [0.15, 0.2) is 5.82 Å². The van der Waals surface area contributed by atoms with Crippen LogP contribution >= 0.6 is 0 Å². The van der Waals surface area contributed by atoms with Crippen LogP contribution in [-0.2, 0) is 22.4 Å². The quantitative estimate of drug-likeness (QED) is 0.401. The first-order valence-corrected chi connectivity index (χ1v) is 11.5. The average molecular weight is 482 g/mol. The van der Waals surface area contributed by atoms with Gasteiger partial charge in [0.1, 0.15) is 12.3 Å². The summed E-state index contributed by atoms with van der Waals surface area (Å²) in [4.78, 5) is 29.3. The summed E-state index contributed by atoms with van der Waals surface area (Å²) in [6.45, 7) is 5.74. The molecule has 1 atom stereocenters. The Bertz CT molecular complexity index is 1080. The van der Waals surface area contributed by atoms with Crippen LogP contribution in [0.4, 0.5) is 4.79 Å². The van der Waals surface area contributed by atoms with Crippen LogP contribution in [0.25, 0.3) is 0 Å². The van der Waals surface area contributed by atoms with Crippen molar-refractivity contribution < 1.29 is 28.7 Å². The standard InChI is InChI=1S/C26H31N3O6/c1-18(2)17-34-26(32)29(16-25(30)31)19(3)21-9-11-22(12-10-21)33-14-13-23-27-24(35-28-23)15-20-7-5-4-6-8-20/h4-12,18-19H,13-17H2,1-3H3,(H,30,31). The van der Waals surface area contributed by atoms with E-state index >= 15 is 0 Å². The molecule has 0 saturated heterocycles. The fraction of sp³-hybridized carbons (Fsp3) is 0.385. The second kappa shape index (κ2) is 12.5. The van der Waals surface area contributed by atoms with E-state index in [1.807, 2.05) is 44.2 Å². The highest BCUT2D eigenvalue weighted by Gasteiger charge is 2.25. The van der Waals surface area contributed by atoms with E-state index in [2.05, 4.69) is 10.1 Å². The van der Waals surface area contributed by atoms with E-state index in [0.717, 1.165) is 11.1 Å². The molecule has 1 aromatic heterocycles. The number of rotatable bonds is 12. The molecule has 1 heterocycles. The van der Waals surface area contributed by atoms with Gasteiger partial charge < -0.3 is 19.1 Å². The number of aromatic nitrogens is 2. The van der Waals surface area contributed by atoms with Gasteiger partial charge in [0.25, 0.3) is 0 Å². The maximum absolute atomic E-state index is 12.4. The lowest BCUT2D eigenvalue weighted by atomic mass is 10.1. The highest BCUT2D eigenvalue weighted by molar-refractivity contribution is 5.77. The van der Waals surface area contributed by atoms with E-state index in [9.17, 15) is 14.7 Å². The van der Waals surface area contributed by atoms with Crippen molar-refractivity contribution in [1.82, 2.24) is 15.0 Å². The average Bonchev–Trinajstić information content (AvgIpc) is 3.28. The Kier molecular flexibility index (Phi) is 9.23. The Balaban J connectivity index is 1.52. The van der Waals surface area contributed by atoms with Crippen LogP contribution in [0, 0.1) is 5.92 Å². The number of carboxylic acid groups (broad SMARTS) is 1. The molecule has 0 bridgehead atoms. The summed E-state index contributed by atoms with van der Waals surface area (Å²) in [7, 11) is 0. The summed E-state index contributed by atoms with van der Waals surface area (Å²) in [5.74, 6) is 0.820. The van der Waals surface area contributed by atoms with Gasteiger partial charge in [-0.25, -0.2) is 4.79 Å². The lowest BCUT2D eigenvalue weighted by molar-refractivity contribution is -0.138. The van der Waals surface area contributed by atoms with E-state index in [0.29, 0.717) is 36.9 Å². The summed E-state index contributed by atoms with van der Waals surface area (Å²) in [6.07, 6.45) is 0.420. The van der Waals surface area contributed by atoms with Crippen molar-refractivity contribution >= 4 is 12.1 Å². The number of benzene rings is 2. The Hall–Kier alpha value is -3.88. The van der Waals surface area contributed by atoms with Crippen molar-refractivity contribution in [3.63, 3.8) is 0 Å². The van der Waals surface area contributed by atoms with E-state index in [1.165, 1.54) is 4.90 Å². The predicted octanol–water partition coefficient (Wildman–Crippen LogP) is 4.52. The number of carboxylic acids is 1. The third-order valence-electron chi connectivity index (χ3n) is 5.21. The fourth-order valence-electron chi connectivity index (χ4n) is 3.34. The van der Waals surface area contributed by atoms with Gasteiger partial charge in [0, 0.05) is 6.42 Å². The van der Waals surface area contributed by atoms with Gasteiger partial charge in [0.05, 0.1) is 25.7 Å². The number of hydrogen-bond acceptors (Lipinski definition) is 7. The fourth-order valence-corrected chi connectivity index (χ4v) is 3.34. The maximum Gasteiger partial charge on any atom is 0.410 e. The number of carbonyl (C=O) groups is 2. The van der Waals surface area contributed by atoms with Crippen LogP contribution in [0.3, 0.4) is 0 Å². The molecule has 9 nitrogen and oxygen atoms in total. The first-order valence-electron chi connectivity index (χ1n) is 11.5. The zero-order valence-electron chi connectivity index (χ0n) is 20.2. The van der Waals surface area contributed by atoms with Gasteiger partial charge in [-0.15, -0.1) is 0 Å². The van der Waals surface area contributed by atoms with E-state index in [-0.39, 0.29) is 12.5 Å². The summed E-state index contributed by atoms with van der Waals surface area (Å²) in [5, 5.41) is 13.2. The molecule has 0 fully saturated rings. The molecule has 3 rings (SSSR count). The molecule has 2 aromatic carbocycles. The van der Waals surface area contributed by atoms with Gasteiger partial charge in [-0.3, -0.25) is 9.69 Å². The van der Waals surface area contributed by atoms with Crippen LogP contribution in [0.1, 0.15) is 49.7 Å². The number of carbonyl (C=O) groups excluding carboxylic acids is 1. The summed E-state index contributed by atoms with van der Waals surface area (Å²) in [5.41, 5.74) is 1.87. The van der Waals surface area contributed by atoms with Crippen molar-refractivity contribution in [3.05, 3.63) is 77.4 Å². The number of hydrogen-bond donors (Lipinski definition) is 1. The maximum atomic E-state index is 12.4. The second-order valence-electron chi connectivity index (χ2n) is 8.60. The molecule has 0 aliphatic carbocycles. The topological polar surface area (TPSA) is 115 Å². The molecule has 3 aromatic rings. The molecule has 186 valence electrons. The Morgan fingerprint density at radius 3 is 2.43 bits per heavy atom. The summed E-state index contributed by atoms with van der Waals surface area (Å²) in [6, 6.07) is 16.6. The normalized spacial score (nSPS) is 11.8. The van der Waals surface area contributed by atoms with Crippen molar-refractivity contribution in [2.75, 3.05) is 19.8 Å². The van der Waals surface area contributed by atoms with Crippen LogP contribution < -0.4 is 4.74 Å². The second-order valence-corrected chi connectivity index (χ2v) is 8.60. The molecule has 0 aliphatic heterocycles. The minimum atomic E-state index is -1.10. The minimum absolute atomic E-state index is 0.153. The molecule has 0 spiro atoms. The molecule has 1 unspecified atom stereocenters. The monoisotopic (exact) mass is 481 g/mol. The van der Waals surface area contributed by atoms with Gasteiger partial charge in [-0.05, 0) is 36.1 Å². The molecule has 0 radical (unpaired) electrons. The van der Waals surface area contributed by atoms with Crippen molar-refractivity contribution in [2.24, 2.45) is 5.92 Å². The Labute approximate surface area is 204 Å². The summed E-state index contributed by atoms with van der Waals surface area (Å²) < 4.78 is 16.3. The first-order chi connectivity index (χ1) is 16.8. The molecule has 0 aliphatic rings. The highest BCUT2D eigenvalue weighted by Crippen LogP contribution is 2.24. The largest absolute Gasteiger partial charge is 0.493 e. The van der Waals surface area contributed by atoms with E-state index in [4.69, 9.17) is 14.0 Å². The van der Waals surface area contributed by atoms with Gasteiger partial charge in [-0.2, -0.15) is 4.98 Å². The van der Waals surface area contributed by atoms with Crippen molar-refractivity contribution in [3.8, 4) is 5.75 Å². The molecule has 1 N–H and O–H groups in total. The van der Waals surface area contributed by atoms with Crippen molar-refractivity contribution in [2.45, 2.75) is 39.7 Å².